The van der Waals surface area contributed by atoms with E-state index >= 15 is 0 Å². The second kappa shape index (κ2) is 7.55. The highest BCUT2D eigenvalue weighted by molar-refractivity contribution is 7.10. The number of nitriles is 1. The lowest BCUT2D eigenvalue weighted by atomic mass is 10.1. The predicted octanol–water partition coefficient (Wildman–Crippen LogP) is 2.52. The van der Waals surface area contributed by atoms with Gasteiger partial charge in [0.15, 0.2) is 0 Å². The van der Waals surface area contributed by atoms with Crippen molar-refractivity contribution in [3.63, 3.8) is 0 Å². The summed E-state index contributed by atoms with van der Waals surface area (Å²) in [6, 6.07) is 10.5. The molecule has 2 aromatic rings. The van der Waals surface area contributed by atoms with Gasteiger partial charge in [-0.05, 0) is 23.6 Å². The van der Waals surface area contributed by atoms with Crippen molar-refractivity contribution < 1.29 is 4.74 Å². The Balaban J connectivity index is 1.75. The average Bonchev–Trinajstić information content (AvgIpc) is 3.14. The molecular formula is C17H20N4OS. The quantitative estimate of drug-likeness (QED) is 0.844. The summed E-state index contributed by atoms with van der Waals surface area (Å²) in [5, 5.41) is 11.0. The predicted molar refractivity (Wildman–Crippen MR) is 91.7 cm³/mol. The molecule has 1 saturated heterocycles. The maximum atomic E-state index is 8.89. The van der Waals surface area contributed by atoms with E-state index in [0.717, 1.165) is 38.7 Å². The van der Waals surface area contributed by atoms with Crippen LogP contribution in [0.2, 0.25) is 0 Å². The Morgan fingerprint density at radius 2 is 2.22 bits per heavy atom. The van der Waals surface area contributed by atoms with E-state index in [4.69, 9.17) is 10.00 Å². The van der Waals surface area contributed by atoms with Crippen molar-refractivity contribution in [1.29, 1.82) is 5.26 Å². The molecule has 1 unspecified atom stereocenters. The van der Waals surface area contributed by atoms with Gasteiger partial charge in [-0.15, -0.1) is 11.3 Å². The first-order chi connectivity index (χ1) is 11.3. The number of likely N-dealkylation sites (N-methyl/N-ethyl adjacent to an activating group) is 1. The minimum atomic E-state index is 0.335. The van der Waals surface area contributed by atoms with Crippen molar-refractivity contribution in [3.8, 4) is 6.07 Å². The van der Waals surface area contributed by atoms with Crippen molar-refractivity contribution in [3.05, 3.63) is 46.3 Å². The Kier molecular flexibility index (Phi) is 5.23. The third kappa shape index (κ3) is 3.88. The van der Waals surface area contributed by atoms with Crippen LogP contribution in [-0.2, 0) is 4.74 Å². The van der Waals surface area contributed by atoms with Gasteiger partial charge in [0.1, 0.15) is 11.9 Å². The highest BCUT2D eigenvalue weighted by atomic mass is 32.1. The number of aromatic nitrogens is 1. The Morgan fingerprint density at radius 1 is 1.39 bits per heavy atom. The number of anilines is 1. The van der Waals surface area contributed by atoms with Crippen LogP contribution >= 0.6 is 11.3 Å². The Labute approximate surface area is 140 Å². The molecule has 1 fully saturated rings. The van der Waals surface area contributed by atoms with E-state index in [2.05, 4.69) is 45.4 Å². The number of ether oxygens (including phenoxy) is 1. The zero-order valence-electron chi connectivity index (χ0n) is 13.2. The first kappa shape index (κ1) is 15.9. The van der Waals surface area contributed by atoms with Crippen LogP contribution in [-0.4, -0.2) is 49.8 Å². The number of hydrogen-bond donors (Lipinski definition) is 0. The molecule has 2 aromatic heterocycles. The third-order valence-corrected chi connectivity index (χ3v) is 5.05. The smallest absolute Gasteiger partial charge is 0.128 e. The van der Waals surface area contributed by atoms with E-state index in [1.54, 1.807) is 17.5 Å². The first-order valence-corrected chi connectivity index (χ1v) is 8.58. The van der Waals surface area contributed by atoms with E-state index in [0.29, 0.717) is 11.6 Å². The molecule has 0 aromatic carbocycles. The molecule has 0 saturated carbocycles. The van der Waals surface area contributed by atoms with Gasteiger partial charge in [0.25, 0.3) is 0 Å². The molecule has 6 heteroatoms. The summed E-state index contributed by atoms with van der Waals surface area (Å²) >= 11 is 1.80. The zero-order valence-corrected chi connectivity index (χ0v) is 14.0. The van der Waals surface area contributed by atoms with E-state index in [1.165, 1.54) is 4.88 Å². The normalized spacial score (nSPS) is 16.7. The lowest BCUT2D eigenvalue weighted by Gasteiger charge is -2.36. The van der Waals surface area contributed by atoms with Gasteiger partial charge in [-0.1, -0.05) is 6.07 Å². The number of hydrogen-bond acceptors (Lipinski definition) is 6. The molecule has 0 aliphatic carbocycles. The summed E-state index contributed by atoms with van der Waals surface area (Å²) in [6.45, 7) is 4.36. The fraction of sp³-hybridized carbons (Fsp3) is 0.412. The fourth-order valence-corrected chi connectivity index (χ4v) is 3.64. The van der Waals surface area contributed by atoms with Gasteiger partial charge in [0.2, 0.25) is 0 Å². The highest BCUT2D eigenvalue weighted by Crippen LogP contribution is 2.27. The number of nitrogens with zero attached hydrogens (tertiary/aromatic N) is 4. The summed E-state index contributed by atoms with van der Waals surface area (Å²) in [5.74, 6) is 0.888. The van der Waals surface area contributed by atoms with Crippen LogP contribution in [0.5, 0.6) is 0 Å². The molecule has 1 aliphatic rings. The largest absolute Gasteiger partial charge is 0.379 e. The van der Waals surface area contributed by atoms with Gasteiger partial charge < -0.3 is 9.64 Å². The SMILES string of the molecule is CN(CC(c1cccs1)N1CCOCC1)c1ccc(C#N)cn1. The Bertz CT molecular complexity index is 644. The van der Waals surface area contributed by atoms with Gasteiger partial charge in [0, 0.05) is 37.8 Å². The van der Waals surface area contributed by atoms with Crippen molar-refractivity contribution in [1.82, 2.24) is 9.88 Å². The van der Waals surface area contributed by atoms with Gasteiger partial charge in [0.05, 0.1) is 24.8 Å². The zero-order chi connectivity index (χ0) is 16.1. The molecule has 0 radical (unpaired) electrons. The van der Waals surface area contributed by atoms with Crippen LogP contribution < -0.4 is 4.90 Å². The molecule has 120 valence electrons. The second-order valence-electron chi connectivity index (χ2n) is 5.58. The minimum absolute atomic E-state index is 0.335. The first-order valence-electron chi connectivity index (χ1n) is 7.70. The van der Waals surface area contributed by atoms with Gasteiger partial charge in [-0.2, -0.15) is 5.26 Å². The Hall–Kier alpha value is -1.94. The van der Waals surface area contributed by atoms with Gasteiger partial charge in [-0.25, -0.2) is 4.98 Å². The lowest BCUT2D eigenvalue weighted by Crippen LogP contribution is -2.43. The lowest BCUT2D eigenvalue weighted by molar-refractivity contribution is 0.0183. The Morgan fingerprint density at radius 3 is 2.83 bits per heavy atom. The molecule has 3 heterocycles. The van der Waals surface area contributed by atoms with Crippen molar-refractivity contribution in [2.24, 2.45) is 0 Å². The topological polar surface area (TPSA) is 52.4 Å². The molecule has 3 rings (SSSR count). The van der Waals surface area contributed by atoms with Crippen LogP contribution in [0.3, 0.4) is 0 Å². The van der Waals surface area contributed by atoms with Crippen LogP contribution in [0, 0.1) is 11.3 Å². The summed E-state index contributed by atoms with van der Waals surface area (Å²) in [5.41, 5.74) is 0.588. The van der Waals surface area contributed by atoms with Crippen LogP contribution in [0.1, 0.15) is 16.5 Å². The third-order valence-electron chi connectivity index (χ3n) is 4.07. The fourth-order valence-electron chi connectivity index (χ4n) is 2.79. The number of morpholine rings is 1. The number of rotatable bonds is 5. The second-order valence-corrected chi connectivity index (χ2v) is 6.56. The number of thiophene rings is 1. The highest BCUT2D eigenvalue weighted by Gasteiger charge is 2.25. The molecule has 1 aliphatic heterocycles. The van der Waals surface area contributed by atoms with Crippen molar-refractivity contribution in [2.45, 2.75) is 6.04 Å². The molecule has 0 N–H and O–H groups in total. The molecule has 0 spiro atoms. The van der Waals surface area contributed by atoms with E-state index in [1.807, 2.05) is 12.1 Å². The summed E-state index contributed by atoms with van der Waals surface area (Å²) < 4.78 is 5.49. The van der Waals surface area contributed by atoms with Crippen LogP contribution in [0.15, 0.2) is 35.8 Å². The van der Waals surface area contributed by atoms with Gasteiger partial charge >= 0.3 is 0 Å². The molecule has 23 heavy (non-hydrogen) atoms. The summed E-state index contributed by atoms with van der Waals surface area (Å²) in [6.07, 6.45) is 1.63. The van der Waals surface area contributed by atoms with Crippen molar-refractivity contribution in [2.75, 3.05) is 44.8 Å². The molecular weight excluding hydrogens is 308 g/mol. The van der Waals surface area contributed by atoms with Gasteiger partial charge in [-0.3, -0.25) is 4.90 Å². The van der Waals surface area contributed by atoms with E-state index < -0.39 is 0 Å². The minimum Gasteiger partial charge on any atom is -0.379 e. The van der Waals surface area contributed by atoms with Crippen molar-refractivity contribution >= 4 is 17.2 Å². The standard InChI is InChI=1S/C17H20N4OS/c1-20(17-5-4-14(11-18)12-19-17)13-15(16-3-2-10-23-16)21-6-8-22-9-7-21/h2-5,10,12,15H,6-9,13H2,1H3. The van der Waals surface area contributed by atoms with Crippen LogP contribution in [0.4, 0.5) is 5.82 Å². The maximum absolute atomic E-state index is 8.89. The molecule has 1 atom stereocenters. The summed E-state index contributed by atoms with van der Waals surface area (Å²) in [7, 11) is 2.05. The maximum Gasteiger partial charge on any atom is 0.128 e. The molecule has 5 nitrogen and oxygen atoms in total. The van der Waals surface area contributed by atoms with Crippen LogP contribution in [0.25, 0.3) is 0 Å². The van der Waals surface area contributed by atoms with E-state index in [-0.39, 0.29) is 0 Å². The molecule has 0 bridgehead atoms. The van der Waals surface area contributed by atoms with E-state index in [9.17, 15) is 0 Å². The summed E-state index contributed by atoms with van der Waals surface area (Å²) in [4.78, 5) is 10.4. The monoisotopic (exact) mass is 328 g/mol. The number of pyridine rings is 1. The molecule has 0 amide bonds. The average molecular weight is 328 g/mol.